The summed E-state index contributed by atoms with van der Waals surface area (Å²) in [6, 6.07) is 3.77. The van der Waals surface area contributed by atoms with Crippen LogP contribution < -0.4 is 5.73 Å². The summed E-state index contributed by atoms with van der Waals surface area (Å²) in [7, 11) is 0. The third-order valence-corrected chi connectivity index (χ3v) is 2.92. The quantitative estimate of drug-likeness (QED) is 0.459. The lowest BCUT2D eigenvalue weighted by atomic mass is 10.4. The number of rotatable bonds is 5. The van der Waals surface area contributed by atoms with Crippen LogP contribution in [0.4, 0.5) is 5.69 Å². The van der Waals surface area contributed by atoms with E-state index < -0.39 is 0 Å². The number of aromatic nitrogens is 1. The number of ether oxygens (including phenoxy) is 1. The second kappa shape index (κ2) is 4.66. The molecule has 0 radical (unpaired) electrons. The zero-order valence-electron chi connectivity index (χ0n) is 7.98. The number of hydrogen-bond donors (Lipinski definition) is 1. The van der Waals surface area contributed by atoms with Gasteiger partial charge in [0, 0.05) is 0 Å². The van der Waals surface area contributed by atoms with Crippen LogP contribution in [-0.4, -0.2) is 17.5 Å². The summed E-state index contributed by atoms with van der Waals surface area (Å²) < 4.78 is 5.48. The van der Waals surface area contributed by atoms with Crippen molar-refractivity contribution in [1.82, 2.24) is 4.98 Å². The Labute approximate surface area is 88.0 Å². The molecule has 0 aliphatic heterocycles. The average molecular weight is 210 g/mol. The Morgan fingerprint density at radius 3 is 3.00 bits per heavy atom. The van der Waals surface area contributed by atoms with Gasteiger partial charge in [0.05, 0.1) is 29.5 Å². The van der Waals surface area contributed by atoms with Crippen LogP contribution in [0.3, 0.4) is 0 Å². The predicted octanol–water partition coefficient (Wildman–Crippen LogP) is 2.14. The van der Waals surface area contributed by atoms with Crippen LogP contribution in [0.5, 0.6) is 0 Å². The zero-order chi connectivity index (χ0) is 9.80. The standard InChI is InChI=1S/C10H14N2OS/c11-9-3-4-10(12-5-9)14-7-13-6-8-1-2-8/h3-5,8H,1-2,6-7,11H2. The van der Waals surface area contributed by atoms with E-state index in [1.54, 1.807) is 18.0 Å². The Kier molecular flexibility index (Phi) is 3.26. The highest BCUT2D eigenvalue weighted by Crippen LogP contribution is 2.29. The van der Waals surface area contributed by atoms with E-state index in [2.05, 4.69) is 4.98 Å². The molecule has 1 saturated carbocycles. The molecule has 2 rings (SSSR count). The molecule has 0 unspecified atom stereocenters. The highest BCUT2D eigenvalue weighted by Gasteiger charge is 2.20. The fourth-order valence-electron chi connectivity index (χ4n) is 1.08. The molecule has 1 aromatic heterocycles. The first-order valence-electron chi connectivity index (χ1n) is 4.76. The third-order valence-electron chi connectivity index (χ3n) is 2.10. The Hall–Kier alpha value is -0.740. The van der Waals surface area contributed by atoms with Gasteiger partial charge in [-0.3, -0.25) is 0 Å². The van der Waals surface area contributed by atoms with Gasteiger partial charge in [-0.2, -0.15) is 0 Å². The van der Waals surface area contributed by atoms with Crippen LogP contribution >= 0.6 is 11.8 Å². The van der Waals surface area contributed by atoms with Crippen molar-refractivity contribution in [1.29, 1.82) is 0 Å². The minimum absolute atomic E-state index is 0.688. The van der Waals surface area contributed by atoms with Gasteiger partial charge in [0.2, 0.25) is 0 Å². The van der Waals surface area contributed by atoms with Gasteiger partial charge in [0.25, 0.3) is 0 Å². The molecule has 3 nitrogen and oxygen atoms in total. The summed E-state index contributed by atoms with van der Waals surface area (Å²) in [6.45, 7) is 0.905. The van der Waals surface area contributed by atoms with E-state index >= 15 is 0 Å². The zero-order valence-corrected chi connectivity index (χ0v) is 8.80. The maximum absolute atomic E-state index is 5.53. The van der Waals surface area contributed by atoms with Gasteiger partial charge in [-0.05, 0) is 30.9 Å². The summed E-state index contributed by atoms with van der Waals surface area (Å²) in [5.41, 5.74) is 6.23. The molecule has 1 aromatic rings. The van der Waals surface area contributed by atoms with E-state index in [1.165, 1.54) is 12.8 Å². The van der Waals surface area contributed by atoms with Crippen LogP contribution in [-0.2, 0) is 4.74 Å². The highest BCUT2D eigenvalue weighted by atomic mass is 32.2. The van der Waals surface area contributed by atoms with Gasteiger partial charge in [0.15, 0.2) is 0 Å². The fraction of sp³-hybridized carbons (Fsp3) is 0.500. The molecule has 4 heteroatoms. The van der Waals surface area contributed by atoms with E-state index in [1.807, 2.05) is 12.1 Å². The van der Waals surface area contributed by atoms with Crippen molar-refractivity contribution < 1.29 is 4.74 Å². The van der Waals surface area contributed by atoms with E-state index in [9.17, 15) is 0 Å². The van der Waals surface area contributed by atoms with Crippen LogP contribution in [0.2, 0.25) is 0 Å². The fourth-order valence-corrected chi connectivity index (χ4v) is 1.67. The minimum Gasteiger partial charge on any atom is -0.397 e. The second-order valence-corrected chi connectivity index (χ2v) is 4.45. The molecule has 0 aromatic carbocycles. The lowest BCUT2D eigenvalue weighted by molar-refractivity contribution is 0.171. The first kappa shape index (κ1) is 9.80. The third kappa shape index (κ3) is 3.20. The summed E-state index contributed by atoms with van der Waals surface area (Å²) >= 11 is 1.61. The van der Waals surface area contributed by atoms with Crippen molar-refractivity contribution >= 4 is 17.4 Å². The molecule has 0 atom stereocenters. The number of nitrogen functional groups attached to an aromatic ring is 1. The van der Waals surface area contributed by atoms with Crippen molar-refractivity contribution in [2.75, 3.05) is 18.3 Å². The van der Waals surface area contributed by atoms with E-state index in [0.29, 0.717) is 11.6 Å². The Morgan fingerprint density at radius 2 is 2.36 bits per heavy atom. The number of anilines is 1. The van der Waals surface area contributed by atoms with E-state index in [4.69, 9.17) is 10.5 Å². The van der Waals surface area contributed by atoms with Crippen LogP contribution in [0.15, 0.2) is 23.4 Å². The lowest BCUT2D eigenvalue weighted by Crippen LogP contribution is -1.95. The van der Waals surface area contributed by atoms with Gasteiger partial charge >= 0.3 is 0 Å². The van der Waals surface area contributed by atoms with Gasteiger partial charge < -0.3 is 10.5 Å². The molecular weight excluding hydrogens is 196 g/mol. The average Bonchev–Trinajstić information content (AvgIpc) is 2.99. The van der Waals surface area contributed by atoms with Crippen LogP contribution in [0.1, 0.15) is 12.8 Å². The van der Waals surface area contributed by atoms with Gasteiger partial charge in [-0.1, -0.05) is 11.8 Å². The number of pyridine rings is 1. The molecular formula is C10H14N2OS. The number of nitrogens with two attached hydrogens (primary N) is 1. The van der Waals surface area contributed by atoms with Crippen molar-refractivity contribution in [3.05, 3.63) is 18.3 Å². The normalized spacial score (nSPS) is 15.7. The van der Waals surface area contributed by atoms with Crippen LogP contribution in [0, 0.1) is 5.92 Å². The molecule has 0 amide bonds. The predicted molar refractivity (Wildman–Crippen MR) is 58.0 cm³/mol. The molecule has 14 heavy (non-hydrogen) atoms. The monoisotopic (exact) mass is 210 g/mol. The van der Waals surface area contributed by atoms with Crippen molar-refractivity contribution in [2.45, 2.75) is 17.9 Å². The first-order valence-corrected chi connectivity index (χ1v) is 5.75. The van der Waals surface area contributed by atoms with Gasteiger partial charge in [-0.25, -0.2) is 4.98 Å². The van der Waals surface area contributed by atoms with Crippen molar-refractivity contribution in [3.63, 3.8) is 0 Å². The highest BCUT2D eigenvalue weighted by molar-refractivity contribution is 7.99. The molecule has 1 aliphatic carbocycles. The molecule has 0 spiro atoms. The largest absolute Gasteiger partial charge is 0.397 e. The molecule has 1 fully saturated rings. The summed E-state index contributed by atoms with van der Waals surface area (Å²) in [5, 5.41) is 0.968. The van der Waals surface area contributed by atoms with Gasteiger partial charge in [0.1, 0.15) is 0 Å². The van der Waals surface area contributed by atoms with Crippen molar-refractivity contribution in [3.8, 4) is 0 Å². The smallest absolute Gasteiger partial charge is 0.0983 e. The Bertz CT molecular complexity index is 285. The molecule has 76 valence electrons. The van der Waals surface area contributed by atoms with E-state index in [0.717, 1.165) is 17.6 Å². The number of nitrogens with zero attached hydrogens (tertiary/aromatic N) is 1. The summed E-state index contributed by atoms with van der Waals surface area (Å²) in [6.07, 6.45) is 4.35. The Morgan fingerprint density at radius 1 is 1.50 bits per heavy atom. The molecule has 0 saturated heterocycles. The number of hydrogen-bond acceptors (Lipinski definition) is 4. The maximum Gasteiger partial charge on any atom is 0.0983 e. The molecule has 1 heterocycles. The maximum atomic E-state index is 5.53. The topological polar surface area (TPSA) is 48.1 Å². The molecule has 0 bridgehead atoms. The first-order chi connectivity index (χ1) is 6.84. The number of thioether (sulfide) groups is 1. The minimum atomic E-state index is 0.688. The van der Waals surface area contributed by atoms with Crippen LogP contribution in [0.25, 0.3) is 0 Å². The Balaban J connectivity index is 1.66. The molecule has 2 N–H and O–H groups in total. The summed E-state index contributed by atoms with van der Waals surface area (Å²) in [5.74, 6) is 1.52. The SMILES string of the molecule is Nc1ccc(SCOCC2CC2)nc1. The molecule has 1 aliphatic rings. The van der Waals surface area contributed by atoms with E-state index in [-0.39, 0.29) is 0 Å². The second-order valence-electron chi connectivity index (χ2n) is 3.51. The lowest BCUT2D eigenvalue weighted by Gasteiger charge is -2.02. The van der Waals surface area contributed by atoms with Gasteiger partial charge in [-0.15, -0.1) is 0 Å². The van der Waals surface area contributed by atoms with Crippen molar-refractivity contribution in [2.24, 2.45) is 5.92 Å². The summed E-state index contributed by atoms with van der Waals surface area (Å²) in [4.78, 5) is 4.17.